The number of halogens is 1. The molecule has 0 atom stereocenters. The summed E-state index contributed by atoms with van der Waals surface area (Å²) in [5, 5.41) is 12.7. The summed E-state index contributed by atoms with van der Waals surface area (Å²) in [6, 6.07) is 13.6. The number of pyridine rings is 1. The number of hydrogen-bond donors (Lipinski definition) is 2. The summed E-state index contributed by atoms with van der Waals surface area (Å²) >= 11 is 0. The molecule has 2 aromatic carbocycles. The maximum atomic E-state index is 13.7. The Morgan fingerprint density at radius 2 is 1.97 bits per heavy atom. The number of carbonyl (C=O) groups excluding carboxylic acids is 1. The molecular formula is C24H23FN4O. The number of rotatable bonds is 4. The zero-order chi connectivity index (χ0) is 21.1. The van der Waals surface area contributed by atoms with Gasteiger partial charge in [-0.1, -0.05) is 0 Å². The molecule has 0 aliphatic heterocycles. The van der Waals surface area contributed by atoms with Crippen LogP contribution in [-0.4, -0.2) is 10.9 Å². The number of nitriles is 1. The molecule has 0 radical (unpaired) electrons. The Morgan fingerprint density at radius 3 is 2.70 bits per heavy atom. The fourth-order valence-corrected chi connectivity index (χ4v) is 4.38. The van der Waals surface area contributed by atoms with Crippen LogP contribution in [0.2, 0.25) is 0 Å². The van der Waals surface area contributed by atoms with E-state index in [1.165, 1.54) is 6.07 Å². The highest BCUT2D eigenvalue weighted by Gasteiger charge is 2.25. The summed E-state index contributed by atoms with van der Waals surface area (Å²) < 4.78 is 13.7. The maximum absolute atomic E-state index is 13.7. The molecule has 152 valence electrons. The van der Waals surface area contributed by atoms with Crippen molar-refractivity contribution in [1.82, 2.24) is 4.98 Å². The van der Waals surface area contributed by atoms with Gasteiger partial charge >= 0.3 is 0 Å². The minimum absolute atomic E-state index is 0.0636. The zero-order valence-electron chi connectivity index (χ0n) is 16.6. The smallest absolute Gasteiger partial charge is 0.224 e. The molecule has 4 rings (SSSR count). The van der Waals surface area contributed by atoms with Crippen molar-refractivity contribution in [3.05, 3.63) is 65.6 Å². The first kappa shape index (κ1) is 19.8. The number of benzene rings is 2. The Kier molecular flexibility index (Phi) is 5.62. The molecule has 3 N–H and O–H groups in total. The third-order valence-corrected chi connectivity index (χ3v) is 5.95. The molecule has 0 saturated heterocycles. The highest BCUT2D eigenvalue weighted by molar-refractivity contribution is 5.94. The van der Waals surface area contributed by atoms with Gasteiger partial charge in [0, 0.05) is 18.0 Å². The highest BCUT2D eigenvalue weighted by Crippen LogP contribution is 2.39. The summed E-state index contributed by atoms with van der Waals surface area (Å²) in [5.41, 5.74) is 9.28. The third-order valence-electron chi connectivity index (χ3n) is 5.95. The molecule has 1 fully saturated rings. The normalized spacial score (nSPS) is 18.7. The number of nitrogens with zero attached hydrogens (tertiary/aromatic N) is 2. The van der Waals surface area contributed by atoms with Gasteiger partial charge < -0.3 is 11.1 Å². The Bertz CT molecular complexity index is 1130. The van der Waals surface area contributed by atoms with Crippen molar-refractivity contribution in [3.8, 4) is 6.07 Å². The number of nitrogens with one attached hydrogen (secondary N) is 1. The fraction of sp³-hybridized carbons (Fsp3) is 0.292. The van der Waals surface area contributed by atoms with Gasteiger partial charge in [0.2, 0.25) is 5.91 Å². The first-order valence-electron chi connectivity index (χ1n) is 10.2. The van der Waals surface area contributed by atoms with Gasteiger partial charge in [-0.15, -0.1) is 0 Å². The van der Waals surface area contributed by atoms with Crippen LogP contribution in [0.25, 0.3) is 10.9 Å². The van der Waals surface area contributed by atoms with Crippen LogP contribution in [0.4, 0.5) is 15.8 Å². The van der Waals surface area contributed by atoms with E-state index < -0.39 is 0 Å². The van der Waals surface area contributed by atoms with Crippen molar-refractivity contribution in [2.75, 3.05) is 11.1 Å². The van der Waals surface area contributed by atoms with E-state index in [1.54, 1.807) is 36.5 Å². The first-order valence-corrected chi connectivity index (χ1v) is 10.2. The van der Waals surface area contributed by atoms with Crippen molar-refractivity contribution in [1.29, 1.82) is 5.26 Å². The molecule has 5 nitrogen and oxygen atoms in total. The minimum atomic E-state index is -0.246. The number of nitrogens with two attached hydrogens (primary N) is 1. The average molecular weight is 402 g/mol. The zero-order valence-corrected chi connectivity index (χ0v) is 16.6. The molecule has 0 unspecified atom stereocenters. The van der Waals surface area contributed by atoms with Crippen molar-refractivity contribution in [2.24, 2.45) is 5.92 Å². The number of aromatic nitrogens is 1. The van der Waals surface area contributed by atoms with Crippen LogP contribution < -0.4 is 11.1 Å². The van der Waals surface area contributed by atoms with Gasteiger partial charge in [0.05, 0.1) is 28.5 Å². The highest BCUT2D eigenvalue weighted by atomic mass is 19.1. The van der Waals surface area contributed by atoms with Crippen molar-refractivity contribution < 1.29 is 9.18 Å². The minimum Gasteiger partial charge on any atom is -0.397 e. The number of nitrogen functional groups attached to an aromatic ring is 1. The maximum Gasteiger partial charge on any atom is 0.224 e. The van der Waals surface area contributed by atoms with Crippen molar-refractivity contribution >= 4 is 28.2 Å². The van der Waals surface area contributed by atoms with Gasteiger partial charge in [-0.05, 0) is 85.5 Å². The third kappa shape index (κ3) is 4.25. The quantitative estimate of drug-likeness (QED) is 0.592. The Hall–Kier alpha value is -3.46. The number of fused-ring (bicyclic) bond motifs is 1. The molecular weight excluding hydrogens is 379 g/mol. The molecule has 3 aromatic rings. The number of hydrogen-bond acceptors (Lipinski definition) is 4. The summed E-state index contributed by atoms with van der Waals surface area (Å²) in [6.45, 7) is 0. The van der Waals surface area contributed by atoms with E-state index in [9.17, 15) is 9.18 Å². The average Bonchev–Trinajstić information content (AvgIpc) is 2.75. The van der Waals surface area contributed by atoms with Gasteiger partial charge in [-0.25, -0.2) is 4.39 Å². The monoisotopic (exact) mass is 402 g/mol. The van der Waals surface area contributed by atoms with Crippen LogP contribution in [0.3, 0.4) is 0 Å². The van der Waals surface area contributed by atoms with Gasteiger partial charge in [0.1, 0.15) is 5.82 Å². The van der Waals surface area contributed by atoms with Crippen LogP contribution in [0.1, 0.15) is 49.1 Å². The van der Waals surface area contributed by atoms with Gasteiger partial charge in [-0.2, -0.15) is 5.26 Å². The lowest BCUT2D eigenvalue weighted by Gasteiger charge is -2.29. The Labute approximate surface area is 174 Å². The van der Waals surface area contributed by atoms with Gasteiger partial charge in [-0.3, -0.25) is 9.78 Å². The van der Waals surface area contributed by atoms with E-state index in [1.807, 2.05) is 12.1 Å². The molecule has 1 heterocycles. The summed E-state index contributed by atoms with van der Waals surface area (Å²) in [5.74, 6) is 0.354. The van der Waals surface area contributed by atoms with Crippen LogP contribution in [0, 0.1) is 23.1 Å². The van der Waals surface area contributed by atoms with E-state index in [0.29, 0.717) is 35.2 Å². The molecule has 1 aromatic heterocycles. The topological polar surface area (TPSA) is 91.8 Å². The number of anilines is 2. The predicted octanol–water partition coefficient (Wildman–Crippen LogP) is 5.13. The molecule has 0 bridgehead atoms. The van der Waals surface area contributed by atoms with Crippen molar-refractivity contribution in [2.45, 2.75) is 38.0 Å². The first-order chi connectivity index (χ1) is 14.5. The molecule has 1 saturated carbocycles. The SMILES string of the molecule is N#Cc1ccc(NC(=O)CC2CCC(c3ccnc4ccc(F)cc34)CC2)c(N)c1. The second kappa shape index (κ2) is 8.50. The second-order valence-electron chi connectivity index (χ2n) is 7.95. The van der Waals surface area contributed by atoms with E-state index in [0.717, 1.165) is 42.1 Å². The van der Waals surface area contributed by atoms with E-state index >= 15 is 0 Å². The van der Waals surface area contributed by atoms with Gasteiger partial charge in [0.15, 0.2) is 0 Å². The van der Waals surface area contributed by atoms with E-state index in [2.05, 4.69) is 10.3 Å². The lowest BCUT2D eigenvalue weighted by Crippen LogP contribution is -2.21. The molecule has 0 spiro atoms. The van der Waals surface area contributed by atoms with Crippen LogP contribution in [0.5, 0.6) is 0 Å². The largest absolute Gasteiger partial charge is 0.397 e. The summed E-state index contributed by atoms with van der Waals surface area (Å²) in [6.07, 6.45) is 6.05. The lowest BCUT2D eigenvalue weighted by molar-refractivity contribution is -0.117. The van der Waals surface area contributed by atoms with Crippen LogP contribution >= 0.6 is 0 Å². The van der Waals surface area contributed by atoms with E-state index in [-0.39, 0.29) is 11.7 Å². The molecule has 1 amide bonds. The van der Waals surface area contributed by atoms with Crippen LogP contribution in [0.15, 0.2) is 48.7 Å². The standard InChI is InChI=1S/C24H23FN4O/c25-18-6-8-22-20(13-18)19(9-10-28-22)17-4-1-15(2-5-17)12-24(30)29-23-7-3-16(14-26)11-21(23)27/h3,6-11,13,15,17H,1-2,4-5,12,27H2,(H,29,30). The summed E-state index contributed by atoms with van der Waals surface area (Å²) in [7, 11) is 0. The molecule has 6 heteroatoms. The second-order valence-corrected chi connectivity index (χ2v) is 7.95. The number of amides is 1. The fourth-order valence-electron chi connectivity index (χ4n) is 4.38. The van der Waals surface area contributed by atoms with Crippen molar-refractivity contribution in [3.63, 3.8) is 0 Å². The van der Waals surface area contributed by atoms with Crippen LogP contribution in [-0.2, 0) is 4.79 Å². The van der Waals surface area contributed by atoms with Gasteiger partial charge in [0.25, 0.3) is 0 Å². The molecule has 30 heavy (non-hydrogen) atoms. The predicted molar refractivity (Wildman–Crippen MR) is 115 cm³/mol. The Morgan fingerprint density at radius 1 is 1.17 bits per heavy atom. The molecule has 1 aliphatic carbocycles. The molecule has 1 aliphatic rings. The summed E-state index contributed by atoms with van der Waals surface area (Å²) in [4.78, 5) is 16.8. The Balaban J connectivity index is 1.37. The van der Waals surface area contributed by atoms with E-state index in [4.69, 9.17) is 11.0 Å². The lowest BCUT2D eigenvalue weighted by atomic mass is 9.77. The number of carbonyl (C=O) groups is 1.